The summed E-state index contributed by atoms with van der Waals surface area (Å²) in [5.41, 5.74) is 0.426. The first kappa shape index (κ1) is 20.1. The lowest BCUT2D eigenvalue weighted by atomic mass is 10.1. The number of ether oxygens (including phenoxy) is 1. The summed E-state index contributed by atoms with van der Waals surface area (Å²) in [6.45, 7) is 5.78. The molecule has 1 aliphatic heterocycles. The molecular weight excluding hydrogens is 346 g/mol. The number of halogens is 2. The van der Waals surface area contributed by atoms with Crippen molar-refractivity contribution in [2.24, 2.45) is 0 Å². The van der Waals surface area contributed by atoms with Crippen molar-refractivity contribution in [3.63, 3.8) is 0 Å². The van der Waals surface area contributed by atoms with Crippen LogP contribution in [0.5, 0.6) is 0 Å². The summed E-state index contributed by atoms with van der Waals surface area (Å²) in [7, 11) is 0. The van der Waals surface area contributed by atoms with Gasteiger partial charge in [0.25, 0.3) is 5.76 Å². The van der Waals surface area contributed by atoms with Crippen LogP contribution in [0.25, 0.3) is 0 Å². The molecule has 140 valence electrons. The molecule has 1 heterocycles. The van der Waals surface area contributed by atoms with Crippen LogP contribution in [0.2, 0.25) is 0 Å². The fourth-order valence-corrected chi connectivity index (χ4v) is 3.41. The highest BCUT2D eigenvalue weighted by molar-refractivity contribution is 7.99. The van der Waals surface area contributed by atoms with Crippen molar-refractivity contribution in [3.8, 4) is 0 Å². The highest BCUT2D eigenvalue weighted by Gasteiger charge is 2.22. The number of rotatable bonds is 8. The van der Waals surface area contributed by atoms with Gasteiger partial charge in [0.2, 0.25) is 5.91 Å². The molecule has 1 N–H and O–H groups in total. The molecule has 4 nitrogen and oxygen atoms in total. The molecule has 2 rings (SSSR count). The number of carbonyl (C=O) groups excluding carboxylic acids is 1. The van der Waals surface area contributed by atoms with Crippen LogP contribution in [-0.4, -0.2) is 48.4 Å². The van der Waals surface area contributed by atoms with Crippen molar-refractivity contribution in [3.05, 3.63) is 24.3 Å². The Morgan fingerprint density at radius 3 is 2.76 bits per heavy atom. The van der Waals surface area contributed by atoms with E-state index in [4.69, 9.17) is 4.74 Å². The molecule has 0 unspecified atom stereocenters. The lowest BCUT2D eigenvalue weighted by Crippen LogP contribution is -2.43. The number of alkyl halides is 2. The minimum absolute atomic E-state index is 0.158. The van der Waals surface area contributed by atoms with Gasteiger partial charge in [-0.2, -0.15) is 8.78 Å². The third-order valence-corrected chi connectivity index (χ3v) is 4.95. The summed E-state index contributed by atoms with van der Waals surface area (Å²) in [4.78, 5) is 14.9. The summed E-state index contributed by atoms with van der Waals surface area (Å²) >= 11 is 0.439. The maximum atomic E-state index is 12.6. The predicted octanol–water partition coefficient (Wildman–Crippen LogP) is 4.22. The van der Waals surface area contributed by atoms with Gasteiger partial charge in [0, 0.05) is 24.1 Å². The van der Waals surface area contributed by atoms with Crippen LogP contribution in [0.3, 0.4) is 0 Å². The second kappa shape index (κ2) is 10.1. The van der Waals surface area contributed by atoms with Gasteiger partial charge in [-0.3, -0.25) is 9.69 Å². The van der Waals surface area contributed by atoms with E-state index in [-0.39, 0.29) is 24.6 Å². The zero-order chi connectivity index (χ0) is 18.2. The van der Waals surface area contributed by atoms with Crippen LogP contribution in [0.1, 0.15) is 33.1 Å². The standard InChI is InChI=1S/C18H26F2N2O2S/c1-13(2)22(11-14-7-5-6-10-24-14)12-17(23)21-15-8-3-4-9-16(15)25-18(19)20/h3-4,8-9,13-14,18H,5-7,10-12H2,1-2H3,(H,21,23)/t14-/m0/s1. The van der Waals surface area contributed by atoms with Crippen molar-refractivity contribution < 1.29 is 18.3 Å². The van der Waals surface area contributed by atoms with Gasteiger partial charge in [0.1, 0.15) is 0 Å². The van der Waals surface area contributed by atoms with Gasteiger partial charge in [-0.25, -0.2) is 0 Å². The van der Waals surface area contributed by atoms with Crippen molar-refractivity contribution in [2.75, 3.05) is 25.0 Å². The van der Waals surface area contributed by atoms with Crippen LogP contribution in [0.4, 0.5) is 14.5 Å². The molecule has 1 fully saturated rings. The highest BCUT2D eigenvalue weighted by atomic mass is 32.2. The van der Waals surface area contributed by atoms with E-state index < -0.39 is 5.76 Å². The number of benzene rings is 1. The van der Waals surface area contributed by atoms with E-state index in [1.54, 1.807) is 24.3 Å². The summed E-state index contributed by atoms with van der Waals surface area (Å²) in [5.74, 6) is -2.72. The first-order valence-electron chi connectivity index (χ1n) is 8.65. The lowest BCUT2D eigenvalue weighted by Gasteiger charge is -2.32. The van der Waals surface area contributed by atoms with E-state index in [0.717, 1.165) is 25.9 Å². The number of thioether (sulfide) groups is 1. The minimum atomic E-state index is -2.52. The number of carbonyl (C=O) groups is 1. The van der Waals surface area contributed by atoms with Crippen molar-refractivity contribution >= 4 is 23.4 Å². The maximum absolute atomic E-state index is 12.6. The summed E-state index contributed by atoms with van der Waals surface area (Å²) in [5, 5.41) is 2.76. The summed E-state index contributed by atoms with van der Waals surface area (Å²) in [6.07, 6.45) is 3.42. The Labute approximate surface area is 152 Å². The predicted molar refractivity (Wildman–Crippen MR) is 97.2 cm³/mol. The summed E-state index contributed by atoms with van der Waals surface area (Å²) < 4.78 is 31.0. The van der Waals surface area contributed by atoms with E-state index >= 15 is 0 Å². The number of nitrogens with zero attached hydrogens (tertiary/aromatic N) is 1. The normalized spacial score (nSPS) is 18.1. The Bertz CT molecular complexity index is 552. The number of anilines is 1. The van der Waals surface area contributed by atoms with Crippen LogP contribution in [0, 0.1) is 0 Å². The number of amides is 1. The van der Waals surface area contributed by atoms with Gasteiger partial charge >= 0.3 is 0 Å². The molecule has 0 bridgehead atoms. The average Bonchev–Trinajstić information content (AvgIpc) is 2.56. The third-order valence-electron chi connectivity index (χ3n) is 4.17. The fraction of sp³-hybridized carbons (Fsp3) is 0.611. The largest absolute Gasteiger partial charge is 0.377 e. The highest BCUT2D eigenvalue weighted by Crippen LogP contribution is 2.31. The van der Waals surface area contributed by atoms with Crippen LogP contribution < -0.4 is 5.32 Å². The third kappa shape index (κ3) is 6.92. The Kier molecular flexibility index (Phi) is 8.12. The lowest BCUT2D eigenvalue weighted by molar-refractivity contribution is -0.118. The van der Waals surface area contributed by atoms with Crippen LogP contribution in [0.15, 0.2) is 29.2 Å². The van der Waals surface area contributed by atoms with Crippen LogP contribution >= 0.6 is 11.8 Å². The van der Waals surface area contributed by atoms with Crippen molar-refractivity contribution in [2.45, 2.75) is 55.9 Å². The second-order valence-corrected chi connectivity index (χ2v) is 7.47. The van der Waals surface area contributed by atoms with Gasteiger partial charge in [0.15, 0.2) is 0 Å². The SMILES string of the molecule is CC(C)N(CC(=O)Nc1ccccc1SC(F)F)C[C@@H]1CCCCO1. The zero-order valence-corrected chi connectivity index (χ0v) is 15.5. The monoisotopic (exact) mass is 372 g/mol. The molecule has 25 heavy (non-hydrogen) atoms. The average molecular weight is 372 g/mol. The zero-order valence-electron chi connectivity index (χ0n) is 14.7. The Morgan fingerprint density at radius 2 is 2.12 bits per heavy atom. The molecule has 0 radical (unpaired) electrons. The molecule has 1 aliphatic rings. The van der Waals surface area contributed by atoms with E-state index in [1.165, 1.54) is 0 Å². The molecule has 0 saturated carbocycles. The maximum Gasteiger partial charge on any atom is 0.288 e. The number of hydrogen-bond acceptors (Lipinski definition) is 4. The van der Waals surface area contributed by atoms with Gasteiger partial charge in [-0.1, -0.05) is 23.9 Å². The molecule has 1 amide bonds. The number of hydrogen-bond donors (Lipinski definition) is 1. The van der Waals surface area contributed by atoms with Gasteiger partial charge in [-0.15, -0.1) is 0 Å². The molecular formula is C18H26F2N2O2S. The quantitative estimate of drug-likeness (QED) is 0.694. The minimum Gasteiger partial charge on any atom is -0.377 e. The fourth-order valence-electron chi connectivity index (χ4n) is 2.81. The molecule has 1 atom stereocenters. The molecule has 0 spiro atoms. The first-order chi connectivity index (χ1) is 12.0. The van der Waals surface area contributed by atoms with Crippen molar-refractivity contribution in [1.29, 1.82) is 0 Å². The van der Waals surface area contributed by atoms with E-state index in [0.29, 0.717) is 28.9 Å². The van der Waals surface area contributed by atoms with E-state index in [9.17, 15) is 13.6 Å². The van der Waals surface area contributed by atoms with Crippen LogP contribution in [-0.2, 0) is 9.53 Å². The molecule has 0 aromatic heterocycles. The first-order valence-corrected chi connectivity index (χ1v) is 9.53. The summed E-state index contributed by atoms with van der Waals surface area (Å²) in [6, 6.07) is 6.83. The Hall–Kier alpha value is -1.18. The van der Waals surface area contributed by atoms with E-state index in [1.807, 2.05) is 13.8 Å². The molecule has 1 saturated heterocycles. The van der Waals surface area contributed by atoms with Gasteiger partial charge in [-0.05, 0) is 45.2 Å². The van der Waals surface area contributed by atoms with Crippen molar-refractivity contribution in [1.82, 2.24) is 4.90 Å². The topological polar surface area (TPSA) is 41.6 Å². The second-order valence-electron chi connectivity index (χ2n) is 6.43. The smallest absolute Gasteiger partial charge is 0.288 e. The van der Waals surface area contributed by atoms with Gasteiger partial charge in [0.05, 0.1) is 18.3 Å². The Morgan fingerprint density at radius 1 is 1.36 bits per heavy atom. The molecule has 0 aliphatic carbocycles. The van der Waals surface area contributed by atoms with E-state index in [2.05, 4.69) is 10.2 Å². The molecule has 7 heteroatoms. The Balaban J connectivity index is 1.94. The molecule has 1 aromatic carbocycles. The number of para-hydroxylation sites is 1. The van der Waals surface area contributed by atoms with Gasteiger partial charge < -0.3 is 10.1 Å². The molecule has 1 aromatic rings. The number of nitrogens with one attached hydrogen (secondary N) is 1.